The van der Waals surface area contributed by atoms with Crippen molar-refractivity contribution in [3.8, 4) is 5.75 Å². The van der Waals surface area contributed by atoms with Gasteiger partial charge in [-0.25, -0.2) is 18.1 Å². The largest absolute Gasteiger partial charge is 0.497 e. The zero-order valence-corrected chi connectivity index (χ0v) is 21.1. The minimum Gasteiger partial charge on any atom is -0.497 e. The molecular weight excluding hydrogens is 466 g/mol. The van der Waals surface area contributed by atoms with Crippen LogP contribution >= 0.6 is 0 Å². The summed E-state index contributed by atoms with van der Waals surface area (Å²) < 4.78 is 34.3. The highest BCUT2D eigenvalue weighted by Crippen LogP contribution is 2.26. The SMILES string of the molecule is COc1ccc(S(=O)(=O)NC(Cc2ccc(C(C)(C)C)cc2)c2cccc(NCC(=O)O)n2)cc1. The fourth-order valence-corrected chi connectivity index (χ4v) is 4.71. The number of carboxylic acids is 1. The van der Waals surface area contributed by atoms with Crippen molar-refractivity contribution < 1.29 is 23.1 Å². The predicted molar refractivity (Wildman–Crippen MR) is 135 cm³/mol. The monoisotopic (exact) mass is 497 g/mol. The van der Waals surface area contributed by atoms with Crippen molar-refractivity contribution in [3.05, 3.63) is 83.6 Å². The summed E-state index contributed by atoms with van der Waals surface area (Å²) in [5, 5.41) is 11.7. The van der Waals surface area contributed by atoms with Gasteiger partial charge < -0.3 is 15.2 Å². The van der Waals surface area contributed by atoms with Gasteiger partial charge in [0.2, 0.25) is 10.0 Å². The third-order valence-electron chi connectivity index (χ3n) is 5.48. The van der Waals surface area contributed by atoms with Crippen molar-refractivity contribution in [1.29, 1.82) is 0 Å². The van der Waals surface area contributed by atoms with Crippen molar-refractivity contribution in [2.24, 2.45) is 0 Å². The molecule has 3 rings (SSSR count). The van der Waals surface area contributed by atoms with Gasteiger partial charge in [0.15, 0.2) is 0 Å². The highest BCUT2D eigenvalue weighted by Gasteiger charge is 2.24. The number of pyridine rings is 1. The van der Waals surface area contributed by atoms with Gasteiger partial charge in [0.05, 0.1) is 23.7 Å². The molecule has 0 aliphatic rings. The minimum absolute atomic E-state index is 0.000413. The minimum atomic E-state index is -3.88. The molecule has 0 spiro atoms. The van der Waals surface area contributed by atoms with E-state index in [0.717, 1.165) is 5.56 Å². The van der Waals surface area contributed by atoms with Crippen LogP contribution in [-0.4, -0.2) is 38.1 Å². The topological polar surface area (TPSA) is 118 Å². The number of anilines is 1. The van der Waals surface area contributed by atoms with Gasteiger partial charge in [-0.1, -0.05) is 51.1 Å². The fraction of sp³-hybridized carbons (Fsp3) is 0.308. The Balaban J connectivity index is 1.93. The van der Waals surface area contributed by atoms with Crippen molar-refractivity contribution in [3.63, 3.8) is 0 Å². The van der Waals surface area contributed by atoms with E-state index in [1.807, 2.05) is 24.3 Å². The number of rotatable bonds is 10. The van der Waals surface area contributed by atoms with Crippen LogP contribution in [0.3, 0.4) is 0 Å². The Kier molecular flexibility index (Phi) is 8.14. The van der Waals surface area contributed by atoms with Gasteiger partial charge in [0.1, 0.15) is 18.1 Å². The van der Waals surface area contributed by atoms with Crippen molar-refractivity contribution >= 4 is 21.8 Å². The molecule has 3 N–H and O–H groups in total. The highest BCUT2D eigenvalue weighted by molar-refractivity contribution is 7.89. The van der Waals surface area contributed by atoms with E-state index in [1.165, 1.54) is 24.8 Å². The molecule has 8 nitrogen and oxygen atoms in total. The zero-order chi connectivity index (χ0) is 25.6. The Morgan fingerprint density at radius 3 is 2.26 bits per heavy atom. The maximum absolute atomic E-state index is 13.2. The molecule has 0 amide bonds. The molecule has 1 atom stereocenters. The molecule has 9 heteroatoms. The number of aliphatic carboxylic acids is 1. The fourth-order valence-electron chi connectivity index (χ4n) is 3.50. The van der Waals surface area contributed by atoms with Crippen LogP contribution in [0.2, 0.25) is 0 Å². The Labute approximate surface area is 206 Å². The number of ether oxygens (including phenoxy) is 1. The number of methoxy groups -OCH3 is 1. The normalized spacial score (nSPS) is 12.7. The third-order valence-corrected chi connectivity index (χ3v) is 6.96. The highest BCUT2D eigenvalue weighted by atomic mass is 32.2. The first-order chi connectivity index (χ1) is 16.5. The zero-order valence-electron chi connectivity index (χ0n) is 20.3. The predicted octanol–water partition coefficient (Wildman–Crippen LogP) is 4.15. The van der Waals surface area contributed by atoms with Gasteiger partial charge in [-0.2, -0.15) is 0 Å². The Hall–Kier alpha value is -3.43. The molecule has 0 bridgehead atoms. The molecule has 1 unspecified atom stereocenters. The quantitative estimate of drug-likeness (QED) is 0.385. The summed E-state index contributed by atoms with van der Waals surface area (Å²) in [6.07, 6.45) is 0.356. The van der Waals surface area contributed by atoms with E-state index in [4.69, 9.17) is 9.84 Å². The van der Waals surface area contributed by atoms with E-state index >= 15 is 0 Å². The number of carboxylic acid groups (broad SMARTS) is 1. The van der Waals surface area contributed by atoms with E-state index < -0.39 is 22.0 Å². The molecule has 0 saturated carbocycles. The van der Waals surface area contributed by atoms with E-state index in [-0.39, 0.29) is 16.9 Å². The number of benzene rings is 2. The summed E-state index contributed by atoms with van der Waals surface area (Å²) in [5.41, 5.74) is 2.58. The van der Waals surface area contributed by atoms with Crippen LogP contribution in [0, 0.1) is 0 Å². The number of hydrogen-bond donors (Lipinski definition) is 3. The van der Waals surface area contributed by atoms with Crippen molar-refractivity contribution in [2.75, 3.05) is 19.0 Å². The van der Waals surface area contributed by atoms with Crippen molar-refractivity contribution in [2.45, 2.75) is 43.5 Å². The molecular formula is C26H31N3O5S. The lowest BCUT2D eigenvalue weighted by molar-refractivity contribution is -0.134. The summed E-state index contributed by atoms with van der Waals surface area (Å²) in [6.45, 7) is 6.10. The van der Waals surface area contributed by atoms with Crippen molar-refractivity contribution in [1.82, 2.24) is 9.71 Å². The second-order valence-electron chi connectivity index (χ2n) is 9.20. The molecule has 0 aliphatic heterocycles. The molecule has 0 saturated heterocycles. The summed E-state index contributed by atoms with van der Waals surface area (Å²) >= 11 is 0. The number of sulfonamides is 1. The molecule has 186 valence electrons. The average molecular weight is 498 g/mol. The smallest absolute Gasteiger partial charge is 0.322 e. The first kappa shape index (κ1) is 26.2. The molecule has 0 radical (unpaired) electrons. The lowest BCUT2D eigenvalue weighted by Crippen LogP contribution is -2.31. The summed E-state index contributed by atoms with van der Waals surface area (Å²) in [4.78, 5) is 15.5. The molecule has 35 heavy (non-hydrogen) atoms. The molecule has 0 fully saturated rings. The first-order valence-electron chi connectivity index (χ1n) is 11.2. The maximum Gasteiger partial charge on any atom is 0.322 e. The Bertz CT molecular complexity index is 1250. The first-order valence-corrected chi connectivity index (χ1v) is 12.6. The lowest BCUT2D eigenvalue weighted by atomic mass is 9.86. The number of nitrogens with one attached hydrogen (secondary N) is 2. The van der Waals surface area contributed by atoms with Gasteiger partial charge in [-0.05, 0) is 59.4 Å². The third kappa shape index (κ3) is 7.27. The van der Waals surface area contributed by atoms with Crippen LogP contribution in [0.25, 0.3) is 0 Å². The molecule has 3 aromatic rings. The van der Waals surface area contributed by atoms with Crippen LogP contribution in [0.1, 0.15) is 43.6 Å². The number of hydrogen-bond acceptors (Lipinski definition) is 6. The van der Waals surface area contributed by atoms with Crippen LogP contribution < -0.4 is 14.8 Å². The van der Waals surface area contributed by atoms with Gasteiger partial charge >= 0.3 is 5.97 Å². The van der Waals surface area contributed by atoms with Crippen LogP contribution in [0.15, 0.2) is 71.6 Å². The van der Waals surface area contributed by atoms with E-state index in [2.05, 4.69) is 35.8 Å². The van der Waals surface area contributed by atoms with E-state index in [9.17, 15) is 13.2 Å². The Morgan fingerprint density at radius 2 is 1.69 bits per heavy atom. The van der Waals surface area contributed by atoms with Gasteiger partial charge in [-0.15, -0.1) is 0 Å². The van der Waals surface area contributed by atoms with Gasteiger partial charge in [-0.3, -0.25) is 4.79 Å². The van der Waals surface area contributed by atoms with E-state index in [0.29, 0.717) is 23.7 Å². The maximum atomic E-state index is 13.2. The van der Waals surface area contributed by atoms with Crippen LogP contribution in [0.4, 0.5) is 5.82 Å². The average Bonchev–Trinajstić information content (AvgIpc) is 2.82. The summed E-state index contributed by atoms with van der Waals surface area (Å²) in [5.74, 6) is -0.118. The second kappa shape index (κ2) is 10.9. The number of aromatic nitrogens is 1. The summed E-state index contributed by atoms with van der Waals surface area (Å²) in [6, 6.07) is 18.6. The molecule has 1 aromatic heterocycles. The summed E-state index contributed by atoms with van der Waals surface area (Å²) in [7, 11) is -2.37. The lowest BCUT2D eigenvalue weighted by Gasteiger charge is -2.21. The second-order valence-corrected chi connectivity index (χ2v) is 10.9. The van der Waals surface area contributed by atoms with Gasteiger partial charge in [0, 0.05) is 0 Å². The Morgan fingerprint density at radius 1 is 1.03 bits per heavy atom. The molecule has 1 heterocycles. The van der Waals surface area contributed by atoms with Crippen LogP contribution in [0.5, 0.6) is 5.75 Å². The molecule has 0 aliphatic carbocycles. The standard InChI is InChI=1S/C26H31N3O5S/c1-26(2,3)19-10-8-18(9-11-19)16-23(22-6-5-7-24(28-22)27-17-25(30)31)29-35(32,33)21-14-12-20(34-4)13-15-21/h5-15,23,29H,16-17H2,1-4H3,(H,27,28)(H,30,31). The van der Waals surface area contributed by atoms with Gasteiger partial charge in [0.25, 0.3) is 0 Å². The van der Waals surface area contributed by atoms with E-state index in [1.54, 1.807) is 30.3 Å². The number of carbonyl (C=O) groups is 1. The number of nitrogens with zero attached hydrogens (tertiary/aromatic N) is 1. The van der Waals surface area contributed by atoms with Crippen LogP contribution in [-0.2, 0) is 26.7 Å². The molecule has 2 aromatic carbocycles.